The first-order valence-corrected chi connectivity index (χ1v) is 6.74. The van der Waals surface area contributed by atoms with Crippen LogP contribution in [0.25, 0.3) is 11.3 Å². The third-order valence-corrected chi connectivity index (χ3v) is 3.40. The molecule has 0 aliphatic heterocycles. The average molecular weight is 293 g/mol. The molecule has 3 aromatic rings. The monoisotopic (exact) mass is 292 g/mol. The molecule has 7 heteroatoms. The van der Waals surface area contributed by atoms with Gasteiger partial charge in [-0.2, -0.15) is 5.10 Å². The Morgan fingerprint density at radius 2 is 2.21 bits per heavy atom. The molecule has 1 N–H and O–H groups in total. The summed E-state index contributed by atoms with van der Waals surface area (Å²) in [5.74, 6) is 0.428. The van der Waals surface area contributed by atoms with E-state index in [1.165, 1.54) is 11.3 Å². The van der Waals surface area contributed by atoms with E-state index in [1.54, 1.807) is 24.4 Å². The molecule has 0 atom stereocenters. The number of aromatic amines is 1. The first-order chi connectivity index (χ1) is 9.22. The van der Waals surface area contributed by atoms with Gasteiger partial charge in [0, 0.05) is 22.7 Å². The summed E-state index contributed by atoms with van der Waals surface area (Å²) < 4.78 is 5.56. The summed E-state index contributed by atoms with van der Waals surface area (Å²) in [6, 6.07) is 5.20. The first-order valence-electron chi connectivity index (χ1n) is 5.48. The fourth-order valence-electron chi connectivity index (χ4n) is 1.57. The Morgan fingerprint density at radius 3 is 2.95 bits per heavy atom. The second kappa shape index (κ2) is 4.99. The molecule has 3 rings (SSSR count). The van der Waals surface area contributed by atoms with E-state index in [-0.39, 0.29) is 0 Å². The van der Waals surface area contributed by atoms with Gasteiger partial charge in [-0.3, -0.25) is 5.10 Å². The highest BCUT2D eigenvalue weighted by molar-refractivity contribution is 7.11. The molecule has 5 nitrogen and oxygen atoms in total. The minimum atomic E-state index is 0.389. The number of halogens is 1. The number of pyridine rings is 1. The van der Waals surface area contributed by atoms with Crippen LogP contribution in [0.5, 0.6) is 11.1 Å². The maximum atomic E-state index is 5.80. The van der Waals surface area contributed by atoms with Gasteiger partial charge in [-0.15, -0.1) is 0 Å². The summed E-state index contributed by atoms with van der Waals surface area (Å²) in [6.07, 6.45) is 1.74. The molecule has 3 aromatic heterocycles. The molecule has 0 aromatic carbocycles. The third-order valence-electron chi connectivity index (χ3n) is 2.47. The second-order valence-corrected chi connectivity index (χ2v) is 5.02. The summed E-state index contributed by atoms with van der Waals surface area (Å²) in [5, 5.41) is 9.67. The minimum absolute atomic E-state index is 0.389. The van der Waals surface area contributed by atoms with Crippen molar-refractivity contribution in [1.29, 1.82) is 0 Å². The number of aryl methyl sites for hydroxylation is 1. The number of nitrogens with zero attached hydrogens (tertiary/aromatic N) is 3. The molecule has 96 valence electrons. The third kappa shape index (κ3) is 2.59. The van der Waals surface area contributed by atoms with Crippen molar-refractivity contribution in [1.82, 2.24) is 20.2 Å². The van der Waals surface area contributed by atoms with E-state index in [1.807, 2.05) is 12.3 Å². The van der Waals surface area contributed by atoms with E-state index >= 15 is 0 Å². The zero-order valence-corrected chi connectivity index (χ0v) is 11.5. The van der Waals surface area contributed by atoms with E-state index in [0.717, 1.165) is 17.0 Å². The largest absolute Gasteiger partial charge is 0.412 e. The van der Waals surface area contributed by atoms with Crippen LogP contribution < -0.4 is 4.74 Å². The maximum absolute atomic E-state index is 5.80. The van der Waals surface area contributed by atoms with Gasteiger partial charge in [-0.05, 0) is 13.0 Å². The van der Waals surface area contributed by atoms with Crippen molar-refractivity contribution >= 4 is 22.9 Å². The van der Waals surface area contributed by atoms with Gasteiger partial charge >= 0.3 is 0 Å². The van der Waals surface area contributed by atoms with Gasteiger partial charge in [0.2, 0.25) is 5.88 Å². The van der Waals surface area contributed by atoms with Gasteiger partial charge < -0.3 is 4.74 Å². The van der Waals surface area contributed by atoms with Crippen LogP contribution in [-0.2, 0) is 0 Å². The van der Waals surface area contributed by atoms with Crippen molar-refractivity contribution in [3.05, 3.63) is 40.6 Å². The van der Waals surface area contributed by atoms with Crippen LogP contribution in [0, 0.1) is 6.92 Å². The van der Waals surface area contributed by atoms with E-state index < -0.39 is 0 Å². The molecule has 19 heavy (non-hydrogen) atoms. The fourth-order valence-corrected chi connectivity index (χ4v) is 2.41. The van der Waals surface area contributed by atoms with Crippen LogP contribution in [0.1, 0.15) is 5.69 Å². The number of rotatable bonds is 3. The van der Waals surface area contributed by atoms with Crippen LogP contribution >= 0.6 is 22.9 Å². The molecule has 0 saturated carbocycles. The topological polar surface area (TPSA) is 63.7 Å². The highest BCUT2D eigenvalue weighted by Gasteiger charge is 2.10. The number of ether oxygens (including phenoxy) is 1. The summed E-state index contributed by atoms with van der Waals surface area (Å²) >= 11 is 7.20. The van der Waals surface area contributed by atoms with Crippen molar-refractivity contribution in [2.75, 3.05) is 0 Å². The zero-order valence-electron chi connectivity index (χ0n) is 9.92. The second-order valence-electron chi connectivity index (χ2n) is 3.81. The Labute approximate surface area is 118 Å². The summed E-state index contributed by atoms with van der Waals surface area (Å²) in [6.45, 7) is 1.95. The minimum Gasteiger partial charge on any atom is -0.412 e. The van der Waals surface area contributed by atoms with Crippen LogP contribution in [-0.4, -0.2) is 20.2 Å². The molecular weight excluding hydrogens is 284 g/mol. The van der Waals surface area contributed by atoms with E-state index in [9.17, 15) is 0 Å². The SMILES string of the molecule is Cc1[nH]ncc1-c1csc(Oc2cccc(Cl)n2)n1. The lowest BCUT2D eigenvalue weighted by Crippen LogP contribution is -1.87. The Kier molecular flexibility index (Phi) is 3.18. The number of hydrogen-bond acceptors (Lipinski definition) is 5. The predicted octanol–water partition coefficient (Wildman–Crippen LogP) is 3.68. The lowest BCUT2D eigenvalue weighted by molar-refractivity contribution is 0.460. The molecule has 0 aliphatic carbocycles. The van der Waals surface area contributed by atoms with Gasteiger partial charge in [-0.25, -0.2) is 9.97 Å². The molecule has 0 unspecified atom stereocenters. The summed E-state index contributed by atoms with van der Waals surface area (Å²) in [5.41, 5.74) is 2.76. The van der Waals surface area contributed by atoms with Crippen molar-refractivity contribution in [2.24, 2.45) is 0 Å². The van der Waals surface area contributed by atoms with Crippen LogP contribution in [0.2, 0.25) is 5.15 Å². The molecule has 0 spiro atoms. The highest BCUT2D eigenvalue weighted by Crippen LogP contribution is 2.30. The van der Waals surface area contributed by atoms with Crippen LogP contribution in [0.3, 0.4) is 0 Å². The van der Waals surface area contributed by atoms with Crippen molar-refractivity contribution in [2.45, 2.75) is 6.92 Å². The standard InChI is InChI=1S/C12H9ClN4OS/c1-7-8(5-14-17-7)9-6-19-12(15-9)18-11-4-2-3-10(13)16-11/h2-6H,1H3,(H,14,17). The fraction of sp³-hybridized carbons (Fsp3) is 0.0833. The summed E-state index contributed by atoms with van der Waals surface area (Å²) in [4.78, 5) is 8.44. The molecule has 0 radical (unpaired) electrons. The van der Waals surface area contributed by atoms with Crippen molar-refractivity contribution in [3.63, 3.8) is 0 Å². The molecule has 0 fully saturated rings. The smallest absolute Gasteiger partial charge is 0.280 e. The van der Waals surface area contributed by atoms with Crippen LogP contribution in [0.4, 0.5) is 0 Å². The predicted molar refractivity (Wildman–Crippen MR) is 73.8 cm³/mol. The van der Waals surface area contributed by atoms with Crippen molar-refractivity contribution in [3.8, 4) is 22.3 Å². The van der Waals surface area contributed by atoms with Gasteiger partial charge in [0.15, 0.2) is 0 Å². The Bertz CT molecular complexity index is 709. The van der Waals surface area contributed by atoms with Crippen LogP contribution in [0.15, 0.2) is 29.8 Å². The van der Waals surface area contributed by atoms with E-state index in [2.05, 4.69) is 20.2 Å². The number of aromatic nitrogens is 4. The quantitative estimate of drug-likeness (QED) is 0.748. The first kappa shape index (κ1) is 12.1. The maximum Gasteiger partial charge on any atom is 0.280 e. The Balaban J connectivity index is 1.84. The molecule has 3 heterocycles. The number of H-pyrrole nitrogens is 1. The highest BCUT2D eigenvalue weighted by atomic mass is 35.5. The number of hydrogen-bond donors (Lipinski definition) is 1. The zero-order chi connectivity index (χ0) is 13.2. The lowest BCUT2D eigenvalue weighted by atomic mass is 10.2. The van der Waals surface area contributed by atoms with Gasteiger partial charge in [0.1, 0.15) is 5.15 Å². The van der Waals surface area contributed by atoms with Gasteiger partial charge in [0.05, 0.1) is 11.9 Å². The van der Waals surface area contributed by atoms with Gasteiger partial charge in [0.25, 0.3) is 5.19 Å². The number of nitrogens with one attached hydrogen (secondary N) is 1. The average Bonchev–Trinajstić information content (AvgIpc) is 2.98. The Morgan fingerprint density at radius 1 is 1.32 bits per heavy atom. The lowest BCUT2D eigenvalue weighted by Gasteiger charge is -1.99. The Hall–Kier alpha value is -1.92. The number of thiazole rings is 1. The molecule has 0 bridgehead atoms. The molecule has 0 saturated heterocycles. The van der Waals surface area contributed by atoms with E-state index in [0.29, 0.717) is 16.2 Å². The molecular formula is C12H9ClN4OS. The molecule has 0 aliphatic rings. The van der Waals surface area contributed by atoms with Crippen molar-refractivity contribution < 1.29 is 4.74 Å². The van der Waals surface area contributed by atoms with Gasteiger partial charge in [-0.1, -0.05) is 29.0 Å². The molecule has 0 amide bonds. The summed E-state index contributed by atoms with van der Waals surface area (Å²) in [7, 11) is 0. The normalized spacial score (nSPS) is 10.6. The van der Waals surface area contributed by atoms with E-state index in [4.69, 9.17) is 16.3 Å².